The minimum Gasteiger partial charge on any atom is -0.496 e. The van der Waals surface area contributed by atoms with E-state index in [0.29, 0.717) is 0 Å². The van der Waals surface area contributed by atoms with Crippen LogP contribution in [0.2, 0.25) is 0 Å². The number of hydrogen-bond donors (Lipinski definition) is 1. The van der Waals surface area contributed by atoms with Crippen molar-refractivity contribution in [1.82, 2.24) is 10.4 Å². The van der Waals surface area contributed by atoms with Crippen molar-refractivity contribution in [2.24, 2.45) is 0 Å². The molecule has 3 heteroatoms. The van der Waals surface area contributed by atoms with Crippen LogP contribution in [0.15, 0.2) is 18.2 Å². The molecule has 0 amide bonds. The Hall–Kier alpha value is -1.06. The number of nitrogens with one attached hydrogen (secondary N) is 1. The maximum atomic E-state index is 5.27. The number of hydrogen-bond acceptors (Lipinski definition) is 3. The predicted octanol–water partition coefficient (Wildman–Crippen LogP) is 1.57. The van der Waals surface area contributed by atoms with Crippen molar-refractivity contribution in [2.45, 2.75) is 13.5 Å². The Morgan fingerprint density at radius 1 is 1.36 bits per heavy atom. The number of aryl methyl sites for hydroxylation is 1. The molecule has 0 bridgehead atoms. The van der Waals surface area contributed by atoms with Gasteiger partial charge in [-0.15, -0.1) is 0 Å². The molecule has 0 unspecified atom stereocenters. The van der Waals surface area contributed by atoms with E-state index in [9.17, 15) is 0 Å². The average molecular weight is 194 g/mol. The molecule has 0 heterocycles. The van der Waals surface area contributed by atoms with Crippen LogP contribution in [0, 0.1) is 6.92 Å². The highest BCUT2D eigenvalue weighted by Gasteiger charge is 2.02. The maximum Gasteiger partial charge on any atom is 0.123 e. The van der Waals surface area contributed by atoms with E-state index in [4.69, 9.17) is 4.74 Å². The van der Waals surface area contributed by atoms with E-state index in [2.05, 4.69) is 24.5 Å². The van der Waals surface area contributed by atoms with Crippen LogP contribution < -0.4 is 10.2 Å². The lowest BCUT2D eigenvalue weighted by Gasteiger charge is -2.14. The Kier molecular flexibility index (Phi) is 3.92. The van der Waals surface area contributed by atoms with Gasteiger partial charge in [-0.05, 0) is 13.0 Å². The van der Waals surface area contributed by atoms with Crippen LogP contribution in [0.4, 0.5) is 0 Å². The highest BCUT2D eigenvalue weighted by atomic mass is 16.5. The molecule has 0 fully saturated rings. The summed E-state index contributed by atoms with van der Waals surface area (Å²) in [6.45, 7) is 2.87. The van der Waals surface area contributed by atoms with Gasteiger partial charge in [-0.2, -0.15) is 0 Å². The third-order valence-electron chi connectivity index (χ3n) is 2.02. The zero-order valence-corrected chi connectivity index (χ0v) is 9.29. The molecule has 1 rings (SSSR count). The van der Waals surface area contributed by atoms with Crippen LogP contribution >= 0.6 is 0 Å². The molecule has 0 spiro atoms. The van der Waals surface area contributed by atoms with E-state index in [1.807, 2.05) is 25.2 Å². The van der Waals surface area contributed by atoms with Crippen LogP contribution in [0.3, 0.4) is 0 Å². The van der Waals surface area contributed by atoms with Crippen LogP contribution in [-0.2, 0) is 6.54 Å². The summed E-state index contributed by atoms with van der Waals surface area (Å²) in [5, 5.41) is 1.93. The van der Waals surface area contributed by atoms with Crippen molar-refractivity contribution in [3.05, 3.63) is 29.3 Å². The molecule has 0 atom stereocenters. The van der Waals surface area contributed by atoms with E-state index >= 15 is 0 Å². The molecule has 0 radical (unpaired) electrons. The number of benzene rings is 1. The fraction of sp³-hybridized carbons (Fsp3) is 0.455. The zero-order valence-electron chi connectivity index (χ0n) is 9.29. The average Bonchev–Trinajstić information content (AvgIpc) is 2.15. The van der Waals surface area contributed by atoms with Crippen molar-refractivity contribution in [2.75, 3.05) is 21.2 Å². The largest absolute Gasteiger partial charge is 0.496 e. The van der Waals surface area contributed by atoms with E-state index in [-0.39, 0.29) is 0 Å². The lowest BCUT2D eigenvalue weighted by atomic mass is 10.1. The normalized spacial score (nSPS) is 10.6. The highest BCUT2D eigenvalue weighted by Crippen LogP contribution is 2.19. The maximum absolute atomic E-state index is 5.27. The lowest BCUT2D eigenvalue weighted by Crippen LogP contribution is -2.29. The summed E-state index contributed by atoms with van der Waals surface area (Å²) in [6, 6.07) is 6.19. The summed E-state index contributed by atoms with van der Waals surface area (Å²) in [7, 11) is 5.65. The Morgan fingerprint density at radius 3 is 2.64 bits per heavy atom. The van der Waals surface area contributed by atoms with E-state index in [1.165, 1.54) is 11.1 Å². The molecular formula is C11H18N2O. The topological polar surface area (TPSA) is 24.5 Å². The second-order valence-electron chi connectivity index (χ2n) is 3.54. The van der Waals surface area contributed by atoms with Gasteiger partial charge >= 0.3 is 0 Å². The number of methoxy groups -OCH3 is 1. The fourth-order valence-electron chi connectivity index (χ4n) is 1.29. The molecule has 0 aliphatic rings. The summed E-state index contributed by atoms with van der Waals surface area (Å²) in [5.74, 6) is 0.935. The molecule has 0 aromatic heterocycles. The third-order valence-corrected chi connectivity index (χ3v) is 2.02. The number of ether oxygens (including phenoxy) is 1. The molecule has 3 nitrogen and oxygen atoms in total. The molecule has 78 valence electrons. The smallest absolute Gasteiger partial charge is 0.123 e. The molecule has 1 N–H and O–H groups in total. The summed E-state index contributed by atoms with van der Waals surface area (Å²) >= 11 is 0. The molecule has 0 saturated carbocycles. The zero-order chi connectivity index (χ0) is 10.6. The standard InChI is InChI=1S/C11H18N2O/c1-9-5-6-11(14-4)10(7-9)8-12-13(2)3/h5-7,12H,8H2,1-4H3. The minimum atomic E-state index is 0.790. The molecular weight excluding hydrogens is 176 g/mol. The first-order valence-electron chi connectivity index (χ1n) is 4.68. The molecule has 0 aliphatic heterocycles. The van der Waals surface area contributed by atoms with Gasteiger partial charge in [0.2, 0.25) is 0 Å². The quantitative estimate of drug-likeness (QED) is 0.736. The summed E-state index contributed by atoms with van der Waals surface area (Å²) in [6.07, 6.45) is 0. The Balaban J connectivity index is 2.77. The first-order chi connectivity index (χ1) is 6.63. The minimum absolute atomic E-state index is 0.790. The highest BCUT2D eigenvalue weighted by molar-refractivity contribution is 5.36. The van der Waals surface area contributed by atoms with Crippen LogP contribution in [0.5, 0.6) is 5.75 Å². The van der Waals surface area contributed by atoms with Crippen molar-refractivity contribution in [3.63, 3.8) is 0 Å². The summed E-state index contributed by atoms with van der Waals surface area (Å²) < 4.78 is 5.27. The van der Waals surface area contributed by atoms with Gasteiger partial charge in [0.05, 0.1) is 7.11 Å². The second-order valence-corrected chi connectivity index (χ2v) is 3.54. The van der Waals surface area contributed by atoms with E-state index in [0.717, 1.165) is 12.3 Å². The number of hydrazine groups is 1. The van der Waals surface area contributed by atoms with Gasteiger partial charge in [0.15, 0.2) is 0 Å². The monoisotopic (exact) mass is 194 g/mol. The molecule has 0 saturated heterocycles. The van der Waals surface area contributed by atoms with Gasteiger partial charge in [-0.3, -0.25) is 10.4 Å². The van der Waals surface area contributed by atoms with Gasteiger partial charge < -0.3 is 4.74 Å². The second kappa shape index (κ2) is 4.98. The third kappa shape index (κ3) is 3.01. The van der Waals surface area contributed by atoms with Crippen molar-refractivity contribution < 1.29 is 4.74 Å². The van der Waals surface area contributed by atoms with Gasteiger partial charge in [0, 0.05) is 26.2 Å². The van der Waals surface area contributed by atoms with Crippen molar-refractivity contribution in [1.29, 1.82) is 0 Å². The first kappa shape index (κ1) is 11.0. The SMILES string of the molecule is COc1ccc(C)cc1CNN(C)C. The number of rotatable bonds is 4. The first-order valence-corrected chi connectivity index (χ1v) is 4.68. The lowest BCUT2D eigenvalue weighted by molar-refractivity contribution is 0.283. The van der Waals surface area contributed by atoms with Gasteiger partial charge in [0.1, 0.15) is 5.75 Å². The van der Waals surface area contributed by atoms with E-state index < -0.39 is 0 Å². The van der Waals surface area contributed by atoms with Crippen LogP contribution in [0.1, 0.15) is 11.1 Å². The molecule has 1 aromatic carbocycles. The summed E-state index contributed by atoms with van der Waals surface area (Å²) in [5.41, 5.74) is 5.65. The van der Waals surface area contributed by atoms with Crippen molar-refractivity contribution in [3.8, 4) is 5.75 Å². The predicted molar refractivity (Wildman–Crippen MR) is 58.3 cm³/mol. The molecule has 1 aromatic rings. The Morgan fingerprint density at radius 2 is 2.07 bits per heavy atom. The molecule has 0 aliphatic carbocycles. The fourth-order valence-corrected chi connectivity index (χ4v) is 1.29. The van der Waals surface area contributed by atoms with Gasteiger partial charge in [0.25, 0.3) is 0 Å². The molecule has 14 heavy (non-hydrogen) atoms. The van der Waals surface area contributed by atoms with E-state index in [1.54, 1.807) is 7.11 Å². The van der Waals surface area contributed by atoms with Crippen LogP contribution in [-0.4, -0.2) is 26.2 Å². The van der Waals surface area contributed by atoms with Crippen LogP contribution in [0.25, 0.3) is 0 Å². The van der Waals surface area contributed by atoms with Crippen molar-refractivity contribution >= 4 is 0 Å². The number of nitrogens with zero attached hydrogens (tertiary/aromatic N) is 1. The van der Waals surface area contributed by atoms with Gasteiger partial charge in [-0.1, -0.05) is 17.7 Å². The Bertz CT molecular complexity index is 297. The summed E-state index contributed by atoms with van der Waals surface area (Å²) in [4.78, 5) is 0. The van der Waals surface area contributed by atoms with Gasteiger partial charge in [-0.25, -0.2) is 0 Å². The Labute approximate surface area is 85.6 Å².